The molecule has 0 aromatic heterocycles. The summed E-state index contributed by atoms with van der Waals surface area (Å²) in [6, 6.07) is 7.25. The lowest BCUT2D eigenvalue weighted by molar-refractivity contribution is -0.486. The Kier molecular flexibility index (Phi) is 5.83. The second-order valence-corrected chi connectivity index (χ2v) is 7.71. The van der Waals surface area contributed by atoms with Crippen LogP contribution in [0.3, 0.4) is 0 Å². The average Bonchev–Trinajstić information content (AvgIpc) is 3.18. The van der Waals surface area contributed by atoms with E-state index in [1.54, 1.807) is 17.0 Å². The van der Waals surface area contributed by atoms with Gasteiger partial charge >= 0.3 is 6.09 Å². The van der Waals surface area contributed by atoms with E-state index < -0.39 is 11.1 Å². The molecule has 1 unspecified atom stereocenters. The van der Waals surface area contributed by atoms with Crippen LogP contribution in [0.5, 0.6) is 5.75 Å². The first kappa shape index (κ1) is 20.1. The number of nitro groups is 1. The summed E-state index contributed by atoms with van der Waals surface area (Å²) in [7, 11) is 0. The molecule has 1 aromatic rings. The Balaban J connectivity index is 1.73. The highest BCUT2D eigenvalue weighted by molar-refractivity contribution is 5.96. The minimum Gasteiger partial charge on any atom is -0.410 e. The number of guanidine groups is 1. The van der Waals surface area contributed by atoms with Crippen molar-refractivity contribution in [1.29, 1.82) is 0 Å². The molecule has 0 bridgehead atoms. The van der Waals surface area contributed by atoms with Gasteiger partial charge in [-0.05, 0) is 38.3 Å². The van der Waals surface area contributed by atoms with Crippen LogP contribution in [0.2, 0.25) is 0 Å². The lowest BCUT2D eigenvalue weighted by Gasteiger charge is -2.22. The summed E-state index contributed by atoms with van der Waals surface area (Å²) in [4.78, 5) is 26.8. The molecule has 28 heavy (non-hydrogen) atoms. The summed E-state index contributed by atoms with van der Waals surface area (Å²) in [6.07, 6.45) is 0.902. The van der Waals surface area contributed by atoms with E-state index in [0.717, 1.165) is 12.0 Å². The number of ether oxygens (including phenoxy) is 2. The molecule has 3 rings (SSSR count). The quantitative estimate of drug-likeness (QED) is 0.566. The van der Waals surface area contributed by atoms with Gasteiger partial charge in [-0.2, -0.15) is 0 Å². The zero-order valence-corrected chi connectivity index (χ0v) is 16.5. The largest absolute Gasteiger partial charge is 0.422 e. The first-order valence-corrected chi connectivity index (χ1v) is 9.48. The minimum atomic E-state index is -0.775. The van der Waals surface area contributed by atoms with Gasteiger partial charge in [-0.25, -0.2) is 19.8 Å². The highest BCUT2D eigenvalue weighted by Crippen LogP contribution is 2.30. The third-order valence-corrected chi connectivity index (χ3v) is 5.03. The van der Waals surface area contributed by atoms with E-state index in [2.05, 4.69) is 5.10 Å². The van der Waals surface area contributed by atoms with Crippen molar-refractivity contribution in [1.82, 2.24) is 9.80 Å². The number of hydrazone groups is 1. The lowest BCUT2D eigenvalue weighted by atomic mass is 9.97. The van der Waals surface area contributed by atoms with Gasteiger partial charge in [0.05, 0.1) is 18.8 Å². The van der Waals surface area contributed by atoms with Gasteiger partial charge in [0.2, 0.25) is 0 Å². The second kappa shape index (κ2) is 8.14. The molecule has 152 valence electrons. The average molecular weight is 390 g/mol. The van der Waals surface area contributed by atoms with Gasteiger partial charge in [0.15, 0.2) is 5.03 Å². The number of aryl methyl sites for hydroxylation is 1. The van der Waals surface area contributed by atoms with Crippen molar-refractivity contribution in [2.24, 2.45) is 11.0 Å². The molecule has 0 N–H and O–H groups in total. The Morgan fingerprint density at radius 3 is 2.79 bits per heavy atom. The highest BCUT2D eigenvalue weighted by atomic mass is 16.7. The first-order valence-electron chi connectivity index (χ1n) is 9.48. The van der Waals surface area contributed by atoms with Crippen LogP contribution in [0.1, 0.15) is 32.8 Å². The minimum absolute atomic E-state index is 0.0219. The second-order valence-electron chi connectivity index (χ2n) is 7.71. The van der Waals surface area contributed by atoms with Crippen LogP contribution in [-0.4, -0.2) is 58.7 Å². The molecular formula is C19H26N4O5. The van der Waals surface area contributed by atoms with Crippen molar-refractivity contribution >= 4 is 12.1 Å². The third kappa shape index (κ3) is 4.59. The number of rotatable bonds is 5. The molecule has 0 spiro atoms. The fourth-order valence-electron chi connectivity index (χ4n) is 3.76. The molecule has 9 heteroatoms. The lowest BCUT2D eigenvalue weighted by Crippen LogP contribution is -2.41. The molecule has 1 amide bonds. The fraction of sp³-hybridized carbons (Fsp3) is 0.579. The molecule has 1 atom stereocenters. The van der Waals surface area contributed by atoms with Crippen molar-refractivity contribution in [3.05, 3.63) is 39.9 Å². The van der Waals surface area contributed by atoms with Gasteiger partial charge in [0, 0.05) is 19.0 Å². The van der Waals surface area contributed by atoms with Crippen LogP contribution in [0.4, 0.5) is 4.79 Å². The first-order chi connectivity index (χ1) is 13.3. The van der Waals surface area contributed by atoms with E-state index >= 15 is 0 Å². The number of hydrogen-bond donors (Lipinski definition) is 0. The Bertz CT molecular complexity index is 779. The molecule has 2 saturated heterocycles. The van der Waals surface area contributed by atoms with Gasteiger partial charge in [0.25, 0.3) is 5.96 Å². The number of amides is 1. The van der Waals surface area contributed by atoms with E-state index in [0.29, 0.717) is 31.9 Å². The van der Waals surface area contributed by atoms with Gasteiger partial charge < -0.3 is 14.4 Å². The Hall–Kier alpha value is -2.68. The van der Waals surface area contributed by atoms with E-state index in [1.807, 2.05) is 32.9 Å². The highest BCUT2D eigenvalue weighted by Gasteiger charge is 2.39. The van der Waals surface area contributed by atoms with E-state index in [4.69, 9.17) is 9.47 Å². The molecule has 2 aliphatic heterocycles. The number of hydrogen-bond acceptors (Lipinski definition) is 5. The van der Waals surface area contributed by atoms with Crippen LogP contribution in [0, 0.1) is 16.0 Å². The normalized spacial score (nSPS) is 22.7. The molecule has 0 saturated carbocycles. The molecule has 0 aliphatic carbocycles. The van der Waals surface area contributed by atoms with Crippen molar-refractivity contribution < 1.29 is 19.3 Å². The molecule has 2 aliphatic rings. The smallest absolute Gasteiger partial charge is 0.410 e. The van der Waals surface area contributed by atoms with Crippen molar-refractivity contribution in [2.75, 3.05) is 26.2 Å². The Morgan fingerprint density at radius 1 is 1.39 bits per heavy atom. The number of carbonyl (C=O) groups excluding carboxylic acids is 1. The van der Waals surface area contributed by atoms with E-state index in [-0.39, 0.29) is 24.0 Å². The molecule has 0 radical (unpaired) electrons. The zero-order chi connectivity index (χ0) is 20.3. The maximum absolute atomic E-state index is 12.7. The van der Waals surface area contributed by atoms with Crippen molar-refractivity contribution in [3.63, 3.8) is 0 Å². The van der Waals surface area contributed by atoms with Gasteiger partial charge in [-0.15, -0.1) is 0 Å². The summed E-state index contributed by atoms with van der Waals surface area (Å²) in [6.45, 7) is 7.91. The summed E-state index contributed by atoms with van der Waals surface area (Å²) in [5, 5.41) is 13.8. The number of benzene rings is 1. The predicted molar refractivity (Wildman–Crippen MR) is 103 cm³/mol. The zero-order valence-electron chi connectivity index (χ0n) is 16.5. The number of para-hydroxylation sites is 1. The van der Waals surface area contributed by atoms with Gasteiger partial charge in [-0.3, -0.25) is 0 Å². The molecule has 2 heterocycles. The van der Waals surface area contributed by atoms with E-state index in [1.165, 1.54) is 4.90 Å². The van der Waals surface area contributed by atoms with Crippen LogP contribution in [0.25, 0.3) is 0 Å². The summed E-state index contributed by atoms with van der Waals surface area (Å²) < 4.78 is 11.3. The SMILES string of the molecule is CCc1ccccc1OC(=O)N1CCN(CC2COC(C)(C)C2)C1=N[N+](=O)[O-]. The standard InChI is InChI=1S/C19H26N4O5/c1-4-15-7-5-6-8-16(15)28-18(24)22-10-9-21(17(22)20-23(25)26)12-14-11-19(2,3)27-13-14/h5-8,14H,4,9-13H2,1-3H3. The Morgan fingerprint density at radius 2 is 2.14 bits per heavy atom. The molecule has 9 nitrogen and oxygen atoms in total. The fourth-order valence-corrected chi connectivity index (χ4v) is 3.76. The summed E-state index contributed by atoms with van der Waals surface area (Å²) in [5.74, 6) is 0.706. The summed E-state index contributed by atoms with van der Waals surface area (Å²) in [5.41, 5.74) is 0.692. The third-order valence-electron chi connectivity index (χ3n) is 5.03. The van der Waals surface area contributed by atoms with Crippen LogP contribution >= 0.6 is 0 Å². The van der Waals surface area contributed by atoms with Gasteiger partial charge in [0.1, 0.15) is 10.9 Å². The predicted octanol–water partition coefficient (Wildman–Crippen LogP) is 2.73. The molecule has 1 aromatic carbocycles. The van der Waals surface area contributed by atoms with Crippen LogP contribution in [0.15, 0.2) is 29.4 Å². The maximum Gasteiger partial charge on any atom is 0.422 e. The maximum atomic E-state index is 12.7. The number of carbonyl (C=O) groups is 1. The summed E-state index contributed by atoms with van der Waals surface area (Å²) >= 11 is 0. The monoisotopic (exact) mass is 390 g/mol. The van der Waals surface area contributed by atoms with Crippen LogP contribution in [-0.2, 0) is 11.2 Å². The van der Waals surface area contributed by atoms with E-state index in [9.17, 15) is 14.9 Å². The number of nitrogens with zero attached hydrogens (tertiary/aromatic N) is 4. The van der Waals surface area contributed by atoms with Crippen LogP contribution < -0.4 is 4.74 Å². The topological polar surface area (TPSA) is 97.5 Å². The van der Waals surface area contributed by atoms with Crippen molar-refractivity contribution in [2.45, 2.75) is 39.2 Å². The Labute approximate surface area is 164 Å². The van der Waals surface area contributed by atoms with Gasteiger partial charge in [-0.1, -0.05) is 25.1 Å². The molecular weight excluding hydrogens is 364 g/mol. The van der Waals surface area contributed by atoms with Crippen molar-refractivity contribution in [3.8, 4) is 5.75 Å². The molecule has 2 fully saturated rings.